The molecule has 0 spiro atoms. The quantitative estimate of drug-likeness (QED) is 0.759. The zero-order valence-electron chi connectivity index (χ0n) is 10.7. The van der Waals surface area contributed by atoms with Crippen molar-refractivity contribution in [1.29, 1.82) is 5.26 Å². The van der Waals surface area contributed by atoms with E-state index in [4.69, 9.17) is 5.26 Å². The first-order valence-electron chi connectivity index (χ1n) is 6.17. The lowest BCUT2D eigenvalue weighted by Gasteiger charge is -2.33. The maximum atomic E-state index is 13.5. The van der Waals surface area contributed by atoms with Gasteiger partial charge in [0.2, 0.25) is 0 Å². The highest BCUT2D eigenvalue weighted by Crippen LogP contribution is 2.40. The van der Waals surface area contributed by atoms with E-state index in [1.54, 1.807) is 12.1 Å². The summed E-state index contributed by atoms with van der Waals surface area (Å²) < 4.78 is 13.5. The number of carbonyl (C=O) groups is 1. The van der Waals surface area contributed by atoms with E-state index < -0.39 is 5.82 Å². The first-order chi connectivity index (χ1) is 8.44. The molecule has 94 valence electrons. The third-order valence-electron chi connectivity index (χ3n) is 3.89. The van der Waals surface area contributed by atoms with Gasteiger partial charge in [-0.15, -0.1) is 0 Å². The molecule has 1 aliphatic rings. The van der Waals surface area contributed by atoms with Crippen LogP contribution in [-0.4, -0.2) is 5.78 Å². The normalized spacial score (nSPS) is 22.6. The van der Waals surface area contributed by atoms with Crippen LogP contribution in [-0.2, 0) is 4.79 Å². The molecular formula is C15H16FNO. The molecule has 0 N–H and O–H groups in total. The number of benzene rings is 1. The van der Waals surface area contributed by atoms with Crippen LogP contribution < -0.4 is 0 Å². The molecule has 3 heteroatoms. The van der Waals surface area contributed by atoms with Crippen LogP contribution in [0.15, 0.2) is 18.2 Å². The molecule has 1 aliphatic carbocycles. The Bertz CT molecular complexity index is 528. The van der Waals surface area contributed by atoms with Gasteiger partial charge in [-0.1, -0.05) is 19.9 Å². The summed E-state index contributed by atoms with van der Waals surface area (Å²) in [4.78, 5) is 12.0. The predicted octanol–water partition coefficient (Wildman–Crippen LogP) is 3.56. The van der Waals surface area contributed by atoms with Gasteiger partial charge >= 0.3 is 0 Å². The lowest BCUT2D eigenvalue weighted by Crippen LogP contribution is -2.31. The minimum Gasteiger partial charge on any atom is -0.299 e. The van der Waals surface area contributed by atoms with E-state index in [2.05, 4.69) is 0 Å². The minimum absolute atomic E-state index is 0.0567. The summed E-state index contributed by atoms with van der Waals surface area (Å²) >= 11 is 0. The molecule has 1 fully saturated rings. The Morgan fingerprint density at radius 3 is 2.72 bits per heavy atom. The molecule has 0 amide bonds. The number of nitriles is 1. The molecule has 1 atom stereocenters. The molecule has 0 aliphatic heterocycles. The van der Waals surface area contributed by atoms with Crippen molar-refractivity contribution in [1.82, 2.24) is 0 Å². The Hall–Kier alpha value is -1.69. The van der Waals surface area contributed by atoms with Gasteiger partial charge in [0.1, 0.15) is 17.7 Å². The van der Waals surface area contributed by atoms with Gasteiger partial charge in [0.25, 0.3) is 0 Å². The number of hydrogen-bond acceptors (Lipinski definition) is 2. The fraction of sp³-hybridized carbons (Fsp3) is 0.467. The highest BCUT2D eigenvalue weighted by Gasteiger charge is 2.35. The number of nitrogens with zero attached hydrogens (tertiary/aromatic N) is 1. The van der Waals surface area contributed by atoms with Crippen LogP contribution in [0.5, 0.6) is 0 Å². The number of Topliss-reactive ketones (excluding diaryl/α,β-unsaturated/α-hetero) is 1. The van der Waals surface area contributed by atoms with Crippen molar-refractivity contribution in [3.63, 3.8) is 0 Å². The predicted molar refractivity (Wildman–Crippen MR) is 66.5 cm³/mol. The molecule has 1 aromatic carbocycles. The second-order valence-electron chi connectivity index (χ2n) is 5.60. The van der Waals surface area contributed by atoms with Gasteiger partial charge in [0.05, 0.1) is 5.56 Å². The van der Waals surface area contributed by atoms with Crippen LogP contribution in [0.25, 0.3) is 0 Å². The van der Waals surface area contributed by atoms with E-state index in [1.165, 1.54) is 12.1 Å². The van der Waals surface area contributed by atoms with Crippen molar-refractivity contribution in [3.05, 3.63) is 35.1 Å². The Labute approximate surface area is 106 Å². The van der Waals surface area contributed by atoms with Crippen molar-refractivity contribution in [2.24, 2.45) is 5.41 Å². The summed E-state index contributed by atoms with van der Waals surface area (Å²) in [6.07, 6.45) is 2.19. The smallest absolute Gasteiger partial charge is 0.141 e. The Morgan fingerprint density at radius 1 is 1.44 bits per heavy atom. The van der Waals surface area contributed by atoms with E-state index in [-0.39, 0.29) is 22.7 Å². The Balaban J connectivity index is 2.22. The van der Waals surface area contributed by atoms with Gasteiger partial charge in [0, 0.05) is 11.8 Å². The molecule has 0 saturated heterocycles. The van der Waals surface area contributed by atoms with Gasteiger partial charge < -0.3 is 0 Å². The topological polar surface area (TPSA) is 40.9 Å². The number of hydrogen-bond donors (Lipinski definition) is 0. The molecule has 0 bridgehead atoms. The van der Waals surface area contributed by atoms with E-state index in [1.807, 2.05) is 13.8 Å². The van der Waals surface area contributed by atoms with Gasteiger partial charge in [-0.2, -0.15) is 5.26 Å². The minimum atomic E-state index is -0.493. The average Bonchev–Trinajstić information content (AvgIpc) is 2.32. The fourth-order valence-electron chi connectivity index (χ4n) is 2.44. The van der Waals surface area contributed by atoms with E-state index in [0.29, 0.717) is 6.42 Å². The van der Waals surface area contributed by atoms with Crippen LogP contribution in [0, 0.1) is 22.6 Å². The number of halogens is 1. The molecule has 0 radical (unpaired) electrons. The Morgan fingerprint density at radius 2 is 2.17 bits per heavy atom. The van der Waals surface area contributed by atoms with Gasteiger partial charge in [0.15, 0.2) is 0 Å². The standard InChI is InChI=1S/C15H16FNO/c1-15(2)6-5-11(8-14(15)18)10-3-4-12(9-17)13(16)7-10/h3-4,7,11H,5-6,8H2,1-2H3. The molecule has 1 unspecified atom stereocenters. The number of rotatable bonds is 1. The highest BCUT2D eigenvalue weighted by atomic mass is 19.1. The van der Waals surface area contributed by atoms with Crippen molar-refractivity contribution in [2.75, 3.05) is 0 Å². The highest BCUT2D eigenvalue weighted by molar-refractivity contribution is 5.85. The maximum Gasteiger partial charge on any atom is 0.141 e. The van der Waals surface area contributed by atoms with Crippen molar-refractivity contribution in [2.45, 2.75) is 39.0 Å². The van der Waals surface area contributed by atoms with E-state index >= 15 is 0 Å². The van der Waals surface area contributed by atoms with Gasteiger partial charge in [-0.05, 0) is 36.5 Å². The lowest BCUT2D eigenvalue weighted by atomic mass is 9.70. The Kier molecular flexibility index (Phi) is 3.21. The third kappa shape index (κ3) is 2.28. The zero-order valence-corrected chi connectivity index (χ0v) is 10.7. The molecule has 0 aromatic heterocycles. The van der Waals surface area contributed by atoms with Crippen molar-refractivity contribution >= 4 is 5.78 Å². The first-order valence-corrected chi connectivity index (χ1v) is 6.17. The molecule has 1 saturated carbocycles. The largest absolute Gasteiger partial charge is 0.299 e. The summed E-state index contributed by atoms with van der Waals surface area (Å²) in [6.45, 7) is 3.93. The summed E-state index contributed by atoms with van der Waals surface area (Å²) in [5, 5.41) is 8.69. The SMILES string of the molecule is CC1(C)CCC(c2ccc(C#N)c(F)c2)CC1=O. The second-order valence-corrected chi connectivity index (χ2v) is 5.60. The maximum absolute atomic E-state index is 13.5. The van der Waals surface area contributed by atoms with Crippen LogP contribution >= 0.6 is 0 Å². The summed E-state index contributed by atoms with van der Waals surface area (Å²) in [5.74, 6) is -0.163. The molecule has 2 rings (SSSR count). The van der Waals surface area contributed by atoms with Crippen molar-refractivity contribution < 1.29 is 9.18 Å². The molecule has 1 aromatic rings. The van der Waals surface area contributed by atoms with Crippen LogP contribution in [0.1, 0.15) is 50.2 Å². The van der Waals surface area contributed by atoms with Gasteiger partial charge in [-0.3, -0.25) is 4.79 Å². The van der Waals surface area contributed by atoms with Crippen molar-refractivity contribution in [3.8, 4) is 6.07 Å². The summed E-state index contributed by atoms with van der Waals surface area (Å²) in [5.41, 5.74) is 0.637. The molecular weight excluding hydrogens is 229 g/mol. The molecule has 18 heavy (non-hydrogen) atoms. The van der Waals surface area contributed by atoms with E-state index in [9.17, 15) is 9.18 Å². The summed E-state index contributed by atoms with van der Waals surface area (Å²) in [7, 11) is 0. The van der Waals surface area contributed by atoms with Crippen LogP contribution in [0.3, 0.4) is 0 Å². The first kappa shape index (κ1) is 12.8. The van der Waals surface area contributed by atoms with Gasteiger partial charge in [-0.25, -0.2) is 4.39 Å². The average molecular weight is 245 g/mol. The fourth-order valence-corrected chi connectivity index (χ4v) is 2.44. The number of ketones is 1. The molecule has 2 nitrogen and oxygen atoms in total. The summed E-state index contributed by atoms with van der Waals surface area (Å²) in [6, 6.07) is 6.46. The lowest BCUT2D eigenvalue weighted by molar-refractivity contribution is -0.129. The zero-order chi connectivity index (χ0) is 13.3. The molecule has 0 heterocycles. The van der Waals surface area contributed by atoms with Crippen LogP contribution in [0.4, 0.5) is 4.39 Å². The van der Waals surface area contributed by atoms with E-state index in [0.717, 1.165) is 18.4 Å². The second kappa shape index (κ2) is 4.53. The third-order valence-corrected chi connectivity index (χ3v) is 3.89. The van der Waals surface area contributed by atoms with Crippen LogP contribution in [0.2, 0.25) is 0 Å². The monoisotopic (exact) mass is 245 g/mol. The number of carbonyl (C=O) groups excluding carboxylic acids is 1.